The topological polar surface area (TPSA) is 0 Å². The van der Waals surface area contributed by atoms with E-state index in [0.717, 1.165) is 14.2 Å². The molecule has 0 N–H and O–H groups in total. The van der Waals surface area contributed by atoms with Crippen molar-refractivity contribution in [2.75, 3.05) is 0 Å². The van der Waals surface area contributed by atoms with Gasteiger partial charge in [-0.05, 0) is 0 Å². The van der Waals surface area contributed by atoms with Gasteiger partial charge >= 0.3 is 110 Å². The van der Waals surface area contributed by atoms with Gasteiger partial charge in [0.05, 0.1) is 0 Å². The van der Waals surface area contributed by atoms with Crippen LogP contribution in [0.3, 0.4) is 0 Å². The zero-order valence-corrected chi connectivity index (χ0v) is 11.8. The molecule has 3 aliphatic rings. The summed E-state index contributed by atoms with van der Waals surface area (Å²) in [6.45, 7) is 4.79. The van der Waals surface area contributed by atoms with Gasteiger partial charge in [0.25, 0.3) is 0 Å². The Bertz CT molecular complexity index is 374. The van der Waals surface area contributed by atoms with Crippen molar-refractivity contribution in [3.8, 4) is 0 Å². The summed E-state index contributed by atoms with van der Waals surface area (Å²) in [6, 6.07) is 0. The first kappa shape index (κ1) is 11.6. The van der Waals surface area contributed by atoms with Crippen molar-refractivity contribution < 1.29 is 0 Å². The molecule has 0 aliphatic heterocycles. The van der Waals surface area contributed by atoms with E-state index in [2.05, 4.69) is 43.7 Å². The summed E-state index contributed by atoms with van der Waals surface area (Å²) >= 11 is 2.48. The minimum atomic E-state index is 0.445. The second kappa shape index (κ2) is 3.75. The van der Waals surface area contributed by atoms with Crippen LogP contribution < -0.4 is 0 Å². The normalized spacial score (nSPS) is 37.5. The molecule has 0 radical (unpaired) electrons. The van der Waals surface area contributed by atoms with Crippen molar-refractivity contribution >= 4 is 26.3 Å². The molecule has 0 saturated heterocycles. The van der Waals surface area contributed by atoms with Gasteiger partial charge in [-0.1, -0.05) is 0 Å². The van der Waals surface area contributed by atoms with Gasteiger partial charge in [-0.25, -0.2) is 0 Å². The Morgan fingerprint density at radius 3 is 2.50 bits per heavy atom. The van der Waals surface area contributed by atoms with E-state index in [-0.39, 0.29) is 0 Å². The summed E-state index contributed by atoms with van der Waals surface area (Å²) in [6.07, 6.45) is 12.3. The van der Waals surface area contributed by atoms with E-state index in [0.29, 0.717) is 9.24 Å². The fourth-order valence-electron chi connectivity index (χ4n) is 3.84. The Hall–Kier alpha value is 0.507. The third kappa shape index (κ3) is 1.70. The quantitative estimate of drug-likeness (QED) is 0.496. The van der Waals surface area contributed by atoms with Gasteiger partial charge in [0.1, 0.15) is 0 Å². The van der Waals surface area contributed by atoms with Crippen molar-refractivity contribution in [3.05, 3.63) is 23.3 Å². The number of allylic oxidation sites excluding steroid dienone is 4. The summed E-state index contributed by atoms with van der Waals surface area (Å²) in [7, 11) is 1.13. The van der Waals surface area contributed by atoms with Crippen molar-refractivity contribution in [1.29, 1.82) is 0 Å². The van der Waals surface area contributed by atoms with Gasteiger partial charge < -0.3 is 0 Å². The van der Waals surface area contributed by atoms with E-state index in [1.54, 1.807) is 11.1 Å². The van der Waals surface area contributed by atoms with Crippen LogP contribution in [0.2, 0.25) is 0 Å². The van der Waals surface area contributed by atoms with Gasteiger partial charge in [-0.2, -0.15) is 0 Å². The van der Waals surface area contributed by atoms with Crippen LogP contribution in [0.25, 0.3) is 0 Å². The zero-order chi connectivity index (χ0) is 11.4. The third-order valence-electron chi connectivity index (χ3n) is 4.72. The molecule has 0 bridgehead atoms. The summed E-state index contributed by atoms with van der Waals surface area (Å²) in [5.41, 5.74) is 4.89. The van der Waals surface area contributed by atoms with Crippen LogP contribution >= 0.6 is 8.58 Å². The molecule has 3 aliphatic carbocycles. The molecule has 0 aromatic heterocycles. The van der Waals surface area contributed by atoms with E-state index in [1.165, 1.54) is 32.1 Å². The van der Waals surface area contributed by atoms with Crippen LogP contribution in [0.4, 0.5) is 0 Å². The second-order valence-electron chi connectivity index (χ2n) is 6.43. The molecule has 0 nitrogen and oxygen atoms in total. The first-order valence-corrected chi connectivity index (χ1v) is 7.84. The molecule has 82 valence electrons. The summed E-state index contributed by atoms with van der Waals surface area (Å²) in [5.74, 6) is 0. The van der Waals surface area contributed by atoms with Gasteiger partial charge in [0, 0.05) is 0 Å². The predicted molar refractivity (Wildman–Crippen MR) is 73.6 cm³/mol. The third-order valence-corrected chi connectivity index (χ3v) is 6.72. The summed E-state index contributed by atoms with van der Waals surface area (Å²) < 4.78 is 0.445. The Kier molecular flexibility index (Phi) is 2.72. The number of hydrogen-bond donors (Lipinski definition) is 0. The maximum absolute atomic E-state index is 2.50. The second-order valence-corrected chi connectivity index (χ2v) is 8.57. The Labute approximate surface area is 110 Å². The Morgan fingerprint density at radius 2 is 1.94 bits per heavy atom. The van der Waals surface area contributed by atoms with Gasteiger partial charge in [0.2, 0.25) is 0 Å². The molecule has 2 heteroatoms. The summed E-state index contributed by atoms with van der Waals surface area (Å²) in [5, 5.41) is 0. The molecule has 0 aromatic carbocycles. The van der Waals surface area contributed by atoms with Crippen molar-refractivity contribution in [2.24, 2.45) is 5.41 Å². The molecular weight excluding hydrogens is 206 g/mol. The van der Waals surface area contributed by atoms with E-state index < -0.39 is 0 Å². The van der Waals surface area contributed by atoms with Gasteiger partial charge in [-0.3, -0.25) is 0 Å². The molecular formula is C14H20LiP. The van der Waals surface area contributed by atoms with Crippen LogP contribution in [0.1, 0.15) is 46.0 Å². The number of hydrogen-bond acceptors (Lipinski definition) is 0. The Balaban J connectivity index is 1.71. The Morgan fingerprint density at radius 1 is 1.25 bits per heavy atom. The van der Waals surface area contributed by atoms with Gasteiger partial charge in [0.15, 0.2) is 0 Å². The van der Waals surface area contributed by atoms with E-state index in [4.69, 9.17) is 0 Å². The molecule has 1 fully saturated rings. The molecule has 1 saturated carbocycles. The fourth-order valence-corrected chi connectivity index (χ4v) is 6.16. The molecule has 3 rings (SSSR count). The molecule has 0 amide bonds. The van der Waals surface area contributed by atoms with E-state index in [1.807, 2.05) is 0 Å². The monoisotopic (exact) mass is 226 g/mol. The van der Waals surface area contributed by atoms with Crippen LogP contribution in [0, 0.1) is 5.41 Å². The molecule has 0 aromatic rings. The maximum atomic E-state index is 2.50. The van der Waals surface area contributed by atoms with E-state index >= 15 is 0 Å². The average Bonchev–Trinajstić information content (AvgIpc) is 2.61. The van der Waals surface area contributed by atoms with Crippen LogP contribution in [0.5, 0.6) is 0 Å². The first-order valence-electron chi connectivity index (χ1n) is 6.77. The molecule has 0 spiro atoms. The van der Waals surface area contributed by atoms with Crippen molar-refractivity contribution in [3.63, 3.8) is 0 Å². The summed E-state index contributed by atoms with van der Waals surface area (Å²) in [4.78, 5) is 0. The zero-order valence-electron chi connectivity index (χ0n) is 10.8. The first-order chi connectivity index (χ1) is 7.54. The van der Waals surface area contributed by atoms with Crippen molar-refractivity contribution in [2.45, 2.75) is 55.4 Å². The van der Waals surface area contributed by atoms with Crippen molar-refractivity contribution in [1.82, 2.24) is 0 Å². The van der Waals surface area contributed by atoms with Crippen LogP contribution in [0.15, 0.2) is 23.3 Å². The molecule has 16 heavy (non-hydrogen) atoms. The fraction of sp³-hybridized carbons (Fsp3) is 0.714. The SMILES string of the molecule is [Li][C]1(PC2CCCCC2)C=CC2=C1C2(C)C. The standard InChI is InChI=1S/C14H20P.Li/c1-14(2)11-8-9-12(13(11)14)15-10-6-4-3-5-7-10;/h8-10,15H,3-7H2,1-2H3;. The van der Waals surface area contributed by atoms with Crippen LogP contribution in [-0.2, 0) is 0 Å². The predicted octanol–water partition coefficient (Wildman–Crippen LogP) is 3.77. The van der Waals surface area contributed by atoms with E-state index in [9.17, 15) is 0 Å². The minimum absolute atomic E-state index is 0.445. The number of rotatable bonds is 2. The average molecular weight is 226 g/mol. The molecule has 2 unspecified atom stereocenters. The molecule has 0 heterocycles. The van der Waals surface area contributed by atoms with Crippen LogP contribution in [-0.4, -0.2) is 27.2 Å². The van der Waals surface area contributed by atoms with Gasteiger partial charge in [-0.15, -0.1) is 0 Å². The molecule has 2 atom stereocenters.